The molecule has 3 aromatic heterocycles. The van der Waals surface area contributed by atoms with Gasteiger partial charge in [-0.1, -0.05) is 0 Å². The summed E-state index contributed by atoms with van der Waals surface area (Å²) in [7, 11) is 0. The van der Waals surface area contributed by atoms with E-state index in [0.717, 1.165) is 6.54 Å². The summed E-state index contributed by atoms with van der Waals surface area (Å²) in [6.07, 6.45) is 5.18. The van der Waals surface area contributed by atoms with Crippen LogP contribution >= 0.6 is 11.6 Å². The van der Waals surface area contributed by atoms with Crippen LogP contribution < -0.4 is 15.4 Å². The second-order valence-electron chi connectivity index (χ2n) is 6.22. The van der Waals surface area contributed by atoms with Gasteiger partial charge in [0.15, 0.2) is 11.6 Å². The number of benzene rings is 1. The van der Waals surface area contributed by atoms with Crippen LogP contribution in [0.25, 0.3) is 5.52 Å². The molecule has 0 atom stereocenters. The van der Waals surface area contributed by atoms with Gasteiger partial charge in [-0.3, -0.25) is 9.48 Å². The van der Waals surface area contributed by atoms with Crippen LogP contribution in [0.4, 0.5) is 21.7 Å². The normalized spacial score (nSPS) is 10.9. The Hall–Kier alpha value is -3.66. The van der Waals surface area contributed by atoms with Crippen molar-refractivity contribution in [1.29, 1.82) is 0 Å². The average molecular weight is 430 g/mol. The zero-order valence-electron chi connectivity index (χ0n) is 15.8. The van der Waals surface area contributed by atoms with Crippen molar-refractivity contribution in [2.75, 3.05) is 16.5 Å². The van der Waals surface area contributed by atoms with Crippen LogP contribution in [0, 0.1) is 5.82 Å². The molecule has 0 aliphatic heterocycles. The highest BCUT2D eigenvalue weighted by Crippen LogP contribution is 2.30. The molecule has 154 valence electrons. The van der Waals surface area contributed by atoms with Crippen LogP contribution in [0.5, 0.6) is 11.6 Å². The first kappa shape index (κ1) is 19.6. The molecule has 2 N–H and O–H groups in total. The summed E-state index contributed by atoms with van der Waals surface area (Å²) in [6.45, 7) is 2.70. The van der Waals surface area contributed by atoms with Gasteiger partial charge in [-0.05, 0) is 31.2 Å². The Balaban J connectivity index is 1.66. The predicted octanol–water partition coefficient (Wildman–Crippen LogP) is 3.80. The highest BCUT2D eigenvalue weighted by Gasteiger charge is 2.14. The molecule has 0 saturated heterocycles. The SMILES string of the molecule is CCn1cc(Nc2nc(Oc3cc(NC(=O)CCl)ccc3F)c3cccn3n2)cn1. The van der Waals surface area contributed by atoms with Crippen molar-refractivity contribution in [2.24, 2.45) is 0 Å². The maximum Gasteiger partial charge on any atom is 0.248 e. The Morgan fingerprint density at radius 2 is 2.17 bits per heavy atom. The van der Waals surface area contributed by atoms with E-state index in [0.29, 0.717) is 16.9 Å². The lowest BCUT2D eigenvalue weighted by molar-refractivity contribution is -0.113. The molecule has 30 heavy (non-hydrogen) atoms. The van der Waals surface area contributed by atoms with Gasteiger partial charge in [0.1, 0.15) is 11.4 Å². The Kier molecular flexibility index (Phi) is 5.48. The molecule has 0 aliphatic carbocycles. The Bertz CT molecular complexity index is 1210. The van der Waals surface area contributed by atoms with E-state index in [1.165, 1.54) is 18.2 Å². The van der Waals surface area contributed by atoms with Crippen LogP contribution in [0.15, 0.2) is 48.9 Å². The van der Waals surface area contributed by atoms with E-state index in [4.69, 9.17) is 16.3 Å². The largest absolute Gasteiger partial charge is 0.434 e. The molecule has 0 fully saturated rings. The maximum absolute atomic E-state index is 14.3. The number of aromatic nitrogens is 5. The van der Waals surface area contributed by atoms with E-state index in [2.05, 4.69) is 25.8 Å². The van der Waals surface area contributed by atoms with Gasteiger partial charge in [-0.2, -0.15) is 10.1 Å². The van der Waals surface area contributed by atoms with E-state index in [1.54, 1.807) is 33.7 Å². The van der Waals surface area contributed by atoms with Crippen molar-refractivity contribution in [1.82, 2.24) is 24.4 Å². The number of nitrogens with one attached hydrogen (secondary N) is 2. The summed E-state index contributed by atoms with van der Waals surface area (Å²) in [5.41, 5.74) is 1.59. The summed E-state index contributed by atoms with van der Waals surface area (Å²) >= 11 is 5.50. The number of amides is 1. The number of anilines is 3. The topological polar surface area (TPSA) is 98.4 Å². The molecule has 11 heteroatoms. The lowest BCUT2D eigenvalue weighted by Crippen LogP contribution is -2.12. The standard InChI is InChI=1S/C19H17ClFN7O2/c1-2-27-11-13(10-22-27)24-19-25-18(15-4-3-7-28(15)26-19)30-16-8-12(5-6-14(16)21)23-17(29)9-20/h3-8,10-11H,2,9H2,1H3,(H,23,29)(H,24,26). The average Bonchev–Trinajstić information content (AvgIpc) is 3.39. The second kappa shape index (κ2) is 8.37. The van der Waals surface area contributed by atoms with Crippen LogP contribution in [0.2, 0.25) is 0 Å². The molecular formula is C19H17ClFN7O2. The number of alkyl halides is 1. The third kappa shape index (κ3) is 4.18. The van der Waals surface area contributed by atoms with Crippen molar-refractivity contribution in [3.63, 3.8) is 0 Å². The molecule has 3 heterocycles. The van der Waals surface area contributed by atoms with Gasteiger partial charge in [0.05, 0.1) is 11.9 Å². The van der Waals surface area contributed by atoms with Crippen molar-refractivity contribution >= 4 is 40.3 Å². The molecule has 1 amide bonds. The fraction of sp³-hybridized carbons (Fsp3) is 0.158. The molecule has 0 unspecified atom stereocenters. The highest BCUT2D eigenvalue weighted by molar-refractivity contribution is 6.29. The van der Waals surface area contributed by atoms with E-state index in [-0.39, 0.29) is 23.5 Å². The van der Waals surface area contributed by atoms with Gasteiger partial charge in [0.2, 0.25) is 17.7 Å². The summed E-state index contributed by atoms with van der Waals surface area (Å²) in [6, 6.07) is 7.47. The second-order valence-corrected chi connectivity index (χ2v) is 6.48. The lowest BCUT2D eigenvalue weighted by Gasteiger charge is -2.11. The zero-order chi connectivity index (χ0) is 21.1. The number of hydrogen-bond acceptors (Lipinski definition) is 6. The van der Waals surface area contributed by atoms with Crippen molar-refractivity contribution in [3.05, 3.63) is 54.7 Å². The number of halogens is 2. The van der Waals surface area contributed by atoms with Gasteiger partial charge < -0.3 is 15.4 Å². The van der Waals surface area contributed by atoms with Gasteiger partial charge in [-0.15, -0.1) is 16.7 Å². The fourth-order valence-corrected chi connectivity index (χ4v) is 2.79. The first-order valence-corrected chi connectivity index (χ1v) is 9.57. The first-order valence-electron chi connectivity index (χ1n) is 9.04. The molecule has 0 bridgehead atoms. The van der Waals surface area contributed by atoms with E-state index >= 15 is 0 Å². The Morgan fingerprint density at radius 3 is 2.93 bits per heavy atom. The molecular weight excluding hydrogens is 413 g/mol. The molecule has 9 nitrogen and oxygen atoms in total. The molecule has 4 aromatic rings. The minimum atomic E-state index is -0.610. The number of ether oxygens (including phenoxy) is 1. The third-order valence-corrected chi connectivity index (χ3v) is 4.36. The monoisotopic (exact) mass is 429 g/mol. The van der Waals surface area contributed by atoms with Crippen molar-refractivity contribution in [3.8, 4) is 11.6 Å². The molecule has 4 rings (SSSR count). The number of carbonyl (C=O) groups is 1. The minimum absolute atomic E-state index is 0.103. The van der Waals surface area contributed by atoms with Crippen LogP contribution in [0.3, 0.4) is 0 Å². The molecule has 1 aromatic carbocycles. The molecule has 0 radical (unpaired) electrons. The van der Waals surface area contributed by atoms with Crippen molar-refractivity contribution in [2.45, 2.75) is 13.5 Å². The summed E-state index contributed by atoms with van der Waals surface area (Å²) in [5, 5.41) is 14.2. The van der Waals surface area contributed by atoms with E-state index in [9.17, 15) is 9.18 Å². The van der Waals surface area contributed by atoms with Crippen LogP contribution in [-0.2, 0) is 11.3 Å². The molecule has 0 aliphatic rings. The van der Waals surface area contributed by atoms with Gasteiger partial charge >= 0.3 is 0 Å². The van der Waals surface area contributed by atoms with E-state index in [1.807, 2.05) is 13.1 Å². The molecule has 0 saturated carbocycles. The number of nitrogens with zero attached hydrogens (tertiary/aromatic N) is 5. The van der Waals surface area contributed by atoms with Crippen molar-refractivity contribution < 1.29 is 13.9 Å². The predicted molar refractivity (Wildman–Crippen MR) is 110 cm³/mol. The van der Waals surface area contributed by atoms with Crippen LogP contribution in [-0.4, -0.2) is 36.2 Å². The van der Waals surface area contributed by atoms with Gasteiger partial charge in [0, 0.05) is 30.7 Å². The van der Waals surface area contributed by atoms with Gasteiger partial charge in [-0.25, -0.2) is 8.91 Å². The summed E-state index contributed by atoms with van der Waals surface area (Å²) in [4.78, 5) is 15.9. The summed E-state index contributed by atoms with van der Waals surface area (Å²) < 4.78 is 23.4. The Morgan fingerprint density at radius 1 is 1.30 bits per heavy atom. The first-order chi connectivity index (χ1) is 14.6. The minimum Gasteiger partial charge on any atom is -0.434 e. The maximum atomic E-state index is 14.3. The zero-order valence-corrected chi connectivity index (χ0v) is 16.6. The fourth-order valence-electron chi connectivity index (χ4n) is 2.72. The Labute approximate surface area is 175 Å². The van der Waals surface area contributed by atoms with E-state index < -0.39 is 11.7 Å². The quantitative estimate of drug-likeness (QED) is 0.433. The number of fused-ring (bicyclic) bond motifs is 1. The third-order valence-electron chi connectivity index (χ3n) is 4.11. The smallest absolute Gasteiger partial charge is 0.248 e. The van der Waals surface area contributed by atoms with Gasteiger partial charge in [0.25, 0.3) is 0 Å². The molecule has 0 spiro atoms. The van der Waals surface area contributed by atoms with Crippen LogP contribution in [0.1, 0.15) is 6.92 Å². The summed E-state index contributed by atoms with van der Waals surface area (Å²) in [5.74, 6) is -0.955. The lowest BCUT2D eigenvalue weighted by atomic mass is 10.3. The number of hydrogen-bond donors (Lipinski definition) is 2. The number of rotatable bonds is 7. The number of carbonyl (C=O) groups excluding carboxylic acids is 1. The highest BCUT2D eigenvalue weighted by atomic mass is 35.5. The number of aryl methyl sites for hydroxylation is 1.